The van der Waals surface area contributed by atoms with Crippen molar-refractivity contribution < 1.29 is 14.2 Å². The second-order valence-electron chi connectivity index (χ2n) is 16.3. The van der Waals surface area contributed by atoms with Crippen molar-refractivity contribution in [3.8, 4) is 17.3 Å². The summed E-state index contributed by atoms with van der Waals surface area (Å²) in [5.41, 5.74) is 3.39. The third-order valence-electron chi connectivity index (χ3n) is 8.94. The van der Waals surface area contributed by atoms with Crippen LogP contribution in [0.1, 0.15) is 20.8 Å². The normalized spacial score (nSPS) is 13.3. The minimum atomic E-state index is -1.43. The van der Waals surface area contributed by atoms with Gasteiger partial charge in [0.05, 0.1) is 31.1 Å². The number of aromatic nitrogens is 5. The quantitative estimate of drug-likeness (QED) is 0.0895. The van der Waals surface area contributed by atoms with Gasteiger partial charge in [0.2, 0.25) is 0 Å². The maximum absolute atomic E-state index is 6.31. The molecule has 45 heavy (non-hydrogen) atoms. The van der Waals surface area contributed by atoms with Crippen molar-refractivity contribution in [2.45, 2.75) is 110 Å². The summed E-state index contributed by atoms with van der Waals surface area (Å²) >= 11 is 3.63. The summed E-state index contributed by atoms with van der Waals surface area (Å²) < 4.78 is 23.6. The van der Waals surface area contributed by atoms with Crippen molar-refractivity contribution in [2.75, 3.05) is 19.8 Å². The number of rotatable bonds is 15. The van der Waals surface area contributed by atoms with E-state index in [1.165, 1.54) is 0 Å². The Kier molecular flexibility index (Phi) is 11.3. The molecule has 12 heteroatoms. The number of halogens is 1. The molecule has 0 amide bonds. The standard InChI is InChI=1S/C33H54BrN5O3Si3/c1-33(2,3)45(10,11)19-16-42-26-12-13-29-28(21-26)36-32(38(29)23-40-14-17-43(4,5)6)30-27-20-25(34)22-35-31(27)39(37-30)24-41-15-18-44(7,8)9/h12-13,20-22H,14-19,23-24H2,1-11H3. The van der Waals surface area contributed by atoms with E-state index < -0.39 is 24.2 Å². The van der Waals surface area contributed by atoms with E-state index in [9.17, 15) is 0 Å². The average molecular weight is 733 g/mol. The van der Waals surface area contributed by atoms with Gasteiger partial charge in [-0.05, 0) is 57.3 Å². The van der Waals surface area contributed by atoms with E-state index >= 15 is 0 Å². The highest BCUT2D eigenvalue weighted by atomic mass is 79.9. The van der Waals surface area contributed by atoms with Crippen molar-refractivity contribution in [1.29, 1.82) is 0 Å². The van der Waals surface area contributed by atoms with E-state index in [0.717, 1.165) is 68.5 Å². The molecule has 0 saturated carbocycles. The van der Waals surface area contributed by atoms with E-state index in [1.54, 1.807) is 0 Å². The van der Waals surface area contributed by atoms with Crippen LogP contribution >= 0.6 is 15.9 Å². The fourth-order valence-corrected chi connectivity index (χ4v) is 7.87. The average Bonchev–Trinajstić information content (AvgIpc) is 3.44. The molecule has 0 aliphatic heterocycles. The fraction of sp³-hybridized carbons (Fsp3) is 0.606. The molecule has 0 spiro atoms. The van der Waals surface area contributed by atoms with Crippen LogP contribution in [0.2, 0.25) is 75.5 Å². The van der Waals surface area contributed by atoms with Gasteiger partial charge in [0.25, 0.3) is 0 Å². The first-order valence-corrected chi connectivity index (χ1v) is 27.6. The van der Waals surface area contributed by atoms with Gasteiger partial charge in [0, 0.05) is 46.1 Å². The number of hydrogen-bond donors (Lipinski definition) is 0. The number of hydrogen-bond acceptors (Lipinski definition) is 6. The maximum atomic E-state index is 6.31. The Morgan fingerprint density at radius 2 is 1.47 bits per heavy atom. The first kappa shape index (κ1) is 36.0. The number of benzene rings is 1. The third-order valence-corrected chi connectivity index (χ3v) is 18.3. The van der Waals surface area contributed by atoms with E-state index in [2.05, 4.69) is 118 Å². The van der Waals surface area contributed by atoms with Crippen molar-refractivity contribution in [3.05, 3.63) is 34.9 Å². The third kappa shape index (κ3) is 9.60. The molecule has 0 radical (unpaired) electrons. The molecule has 3 heterocycles. The van der Waals surface area contributed by atoms with Gasteiger partial charge in [-0.1, -0.05) is 73.1 Å². The van der Waals surface area contributed by atoms with Crippen LogP contribution in [0.3, 0.4) is 0 Å². The van der Waals surface area contributed by atoms with Gasteiger partial charge in [-0.3, -0.25) is 4.57 Å². The van der Waals surface area contributed by atoms with Gasteiger partial charge in [-0.25, -0.2) is 14.6 Å². The Labute approximate surface area is 281 Å². The van der Waals surface area contributed by atoms with Crippen LogP contribution in [-0.2, 0) is 22.9 Å². The van der Waals surface area contributed by atoms with E-state index in [4.69, 9.17) is 29.3 Å². The van der Waals surface area contributed by atoms with Gasteiger partial charge in [0.15, 0.2) is 11.5 Å². The summed E-state index contributed by atoms with van der Waals surface area (Å²) in [4.78, 5) is 9.88. The summed E-state index contributed by atoms with van der Waals surface area (Å²) in [5.74, 6) is 1.59. The van der Waals surface area contributed by atoms with Gasteiger partial charge in [0.1, 0.15) is 24.9 Å². The Morgan fingerprint density at radius 3 is 2.09 bits per heavy atom. The Bertz CT molecular complexity index is 1600. The summed E-state index contributed by atoms with van der Waals surface area (Å²) in [7, 11) is -3.86. The van der Waals surface area contributed by atoms with Crippen LogP contribution in [0.4, 0.5) is 0 Å². The fourth-order valence-electron chi connectivity index (χ4n) is 4.66. The second kappa shape index (κ2) is 14.1. The first-order valence-electron chi connectivity index (χ1n) is 16.2. The summed E-state index contributed by atoms with van der Waals surface area (Å²) in [6.07, 6.45) is 1.81. The van der Waals surface area contributed by atoms with Gasteiger partial charge < -0.3 is 14.2 Å². The summed E-state index contributed by atoms with van der Waals surface area (Å²) in [5, 5.41) is 6.29. The van der Waals surface area contributed by atoms with Crippen LogP contribution in [0.5, 0.6) is 5.75 Å². The lowest BCUT2D eigenvalue weighted by Gasteiger charge is -2.36. The van der Waals surface area contributed by atoms with Gasteiger partial charge >= 0.3 is 0 Å². The molecule has 3 aromatic heterocycles. The predicted octanol–water partition coefficient (Wildman–Crippen LogP) is 9.72. The molecule has 8 nitrogen and oxygen atoms in total. The topological polar surface area (TPSA) is 76.2 Å². The summed E-state index contributed by atoms with van der Waals surface area (Å²) in [6.45, 7) is 29.0. The lowest BCUT2D eigenvalue weighted by atomic mass is 10.2. The molecule has 4 rings (SSSR count). The second-order valence-corrected chi connectivity index (χ2v) is 34.2. The molecule has 0 atom stereocenters. The van der Waals surface area contributed by atoms with Crippen LogP contribution in [0, 0.1) is 0 Å². The smallest absolute Gasteiger partial charge is 0.164 e. The highest BCUT2D eigenvalue weighted by molar-refractivity contribution is 9.10. The van der Waals surface area contributed by atoms with Crippen LogP contribution in [0.15, 0.2) is 34.9 Å². The van der Waals surface area contributed by atoms with Gasteiger partial charge in [-0.15, -0.1) is 0 Å². The first-order chi connectivity index (χ1) is 20.8. The minimum absolute atomic E-state index is 0.332. The SMILES string of the molecule is CC(C)(C)[Si](C)(C)CCOc1ccc2c(c1)nc(-c1nn(COCC[Si](C)(C)C)c3ncc(Br)cc13)n2COCC[Si](C)(C)C. The monoisotopic (exact) mass is 731 g/mol. The van der Waals surface area contributed by atoms with Crippen LogP contribution in [0.25, 0.3) is 33.6 Å². The molecule has 1 aromatic carbocycles. The lowest BCUT2D eigenvalue weighted by Crippen LogP contribution is -2.38. The van der Waals surface area contributed by atoms with Crippen molar-refractivity contribution >= 4 is 62.2 Å². The molecule has 248 valence electrons. The number of imidazole rings is 1. The van der Waals surface area contributed by atoms with E-state index in [-0.39, 0.29) is 0 Å². The molecule has 0 fully saturated rings. The molecule has 0 saturated heterocycles. The van der Waals surface area contributed by atoms with Gasteiger partial charge in [-0.2, -0.15) is 5.10 Å². The highest BCUT2D eigenvalue weighted by Gasteiger charge is 2.34. The summed E-state index contributed by atoms with van der Waals surface area (Å²) in [6, 6.07) is 11.6. The largest absolute Gasteiger partial charge is 0.494 e. The minimum Gasteiger partial charge on any atom is -0.494 e. The highest BCUT2D eigenvalue weighted by Crippen LogP contribution is 2.39. The zero-order valence-corrected chi connectivity index (χ0v) is 34.0. The zero-order chi connectivity index (χ0) is 33.2. The molecular weight excluding hydrogens is 679 g/mol. The van der Waals surface area contributed by atoms with Crippen molar-refractivity contribution in [3.63, 3.8) is 0 Å². The van der Waals surface area contributed by atoms with E-state index in [1.807, 2.05) is 10.9 Å². The number of nitrogens with zero attached hydrogens (tertiary/aromatic N) is 5. The number of ether oxygens (including phenoxy) is 3. The Morgan fingerprint density at radius 1 is 0.822 bits per heavy atom. The van der Waals surface area contributed by atoms with Crippen LogP contribution in [-0.4, -0.2) is 68.4 Å². The Hall–Kier alpha value is -1.84. The molecule has 0 bridgehead atoms. The molecule has 0 unspecified atom stereocenters. The van der Waals surface area contributed by atoms with Crippen molar-refractivity contribution in [1.82, 2.24) is 24.3 Å². The number of fused-ring (bicyclic) bond motifs is 2. The van der Waals surface area contributed by atoms with Crippen molar-refractivity contribution in [2.24, 2.45) is 0 Å². The molecule has 4 aromatic rings. The predicted molar refractivity (Wildman–Crippen MR) is 200 cm³/mol. The van der Waals surface area contributed by atoms with E-state index in [0.29, 0.717) is 31.7 Å². The van der Waals surface area contributed by atoms with Crippen LogP contribution < -0.4 is 4.74 Å². The lowest BCUT2D eigenvalue weighted by molar-refractivity contribution is 0.0812. The molecule has 0 N–H and O–H groups in total. The Balaban J connectivity index is 1.69. The maximum Gasteiger partial charge on any atom is 0.164 e. The molecule has 0 aliphatic rings. The molecular formula is C33H54BrN5O3Si3. The zero-order valence-electron chi connectivity index (χ0n) is 29.4. The number of pyridine rings is 1. The molecule has 0 aliphatic carbocycles.